The van der Waals surface area contributed by atoms with E-state index in [9.17, 15) is 4.79 Å². The molecule has 0 amide bonds. The van der Waals surface area contributed by atoms with E-state index in [2.05, 4.69) is 5.10 Å². The highest BCUT2D eigenvalue weighted by Crippen LogP contribution is 2.32. The maximum Gasteiger partial charge on any atom is 0.154 e. The lowest BCUT2D eigenvalue weighted by molar-refractivity contribution is 0.112. The summed E-state index contributed by atoms with van der Waals surface area (Å²) >= 11 is 12.1. The van der Waals surface area contributed by atoms with Crippen LogP contribution in [0.5, 0.6) is 0 Å². The fourth-order valence-electron chi connectivity index (χ4n) is 2.05. The molecule has 0 fully saturated rings. The van der Waals surface area contributed by atoms with Crippen molar-refractivity contribution in [3.8, 4) is 11.3 Å². The van der Waals surface area contributed by atoms with Crippen LogP contribution in [0.1, 0.15) is 35.9 Å². The van der Waals surface area contributed by atoms with Gasteiger partial charge in [0.2, 0.25) is 0 Å². The number of aldehydes is 1. The van der Waals surface area contributed by atoms with E-state index in [1.54, 1.807) is 18.2 Å². The number of carbonyl (C=O) groups excluding carboxylic acids is 1. The second kappa shape index (κ2) is 5.35. The van der Waals surface area contributed by atoms with Crippen molar-refractivity contribution < 1.29 is 4.79 Å². The molecule has 1 aromatic carbocycles. The van der Waals surface area contributed by atoms with Gasteiger partial charge in [0.25, 0.3) is 0 Å². The van der Waals surface area contributed by atoms with Gasteiger partial charge in [0.15, 0.2) is 6.29 Å². The number of aryl methyl sites for hydroxylation is 1. The van der Waals surface area contributed by atoms with Crippen molar-refractivity contribution in [3.63, 3.8) is 0 Å². The number of carbonyl (C=O) groups is 1. The molecule has 0 saturated carbocycles. The molecule has 0 bridgehead atoms. The van der Waals surface area contributed by atoms with Crippen molar-refractivity contribution in [2.24, 2.45) is 0 Å². The van der Waals surface area contributed by atoms with Gasteiger partial charge in [-0.3, -0.25) is 9.48 Å². The highest BCUT2D eigenvalue weighted by atomic mass is 35.5. The number of rotatable bonds is 3. The quantitative estimate of drug-likeness (QED) is 0.778. The van der Waals surface area contributed by atoms with E-state index >= 15 is 0 Å². The predicted octanol–water partition coefficient (Wildman–Crippen LogP) is 4.56. The number of hydrogen-bond donors (Lipinski definition) is 0. The third-order valence-corrected chi connectivity index (χ3v) is 3.31. The van der Waals surface area contributed by atoms with Crippen LogP contribution in [-0.2, 0) is 0 Å². The van der Waals surface area contributed by atoms with Gasteiger partial charge in [0.1, 0.15) is 0 Å². The first-order chi connectivity index (χ1) is 8.93. The molecule has 1 aromatic heterocycles. The Morgan fingerprint density at radius 3 is 2.26 bits per heavy atom. The van der Waals surface area contributed by atoms with Gasteiger partial charge in [0, 0.05) is 21.7 Å². The monoisotopic (exact) mass is 296 g/mol. The average molecular weight is 297 g/mol. The molecule has 0 aliphatic rings. The van der Waals surface area contributed by atoms with Crippen molar-refractivity contribution in [2.45, 2.75) is 26.8 Å². The van der Waals surface area contributed by atoms with Gasteiger partial charge in [-0.1, -0.05) is 23.2 Å². The van der Waals surface area contributed by atoms with Crippen LogP contribution in [-0.4, -0.2) is 16.1 Å². The number of nitrogens with zero attached hydrogens (tertiary/aromatic N) is 2. The topological polar surface area (TPSA) is 34.9 Å². The van der Waals surface area contributed by atoms with E-state index in [-0.39, 0.29) is 6.04 Å². The van der Waals surface area contributed by atoms with Crippen LogP contribution in [0.4, 0.5) is 0 Å². The Morgan fingerprint density at radius 2 is 1.79 bits per heavy atom. The third-order valence-electron chi connectivity index (χ3n) is 2.87. The van der Waals surface area contributed by atoms with Gasteiger partial charge in [-0.25, -0.2) is 0 Å². The van der Waals surface area contributed by atoms with E-state index in [1.807, 2.05) is 25.5 Å². The Morgan fingerprint density at radius 1 is 1.21 bits per heavy atom. The minimum Gasteiger partial charge on any atom is -0.298 e. The Kier molecular flexibility index (Phi) is 3.97. The first-order valence-electron chi connectivity index (χ1n) is 5.94. The zero-order valence-corrected chi connectivity index (χ0v) is 12.5. The molecule has 0 aliphatic carbocycles. The predicted molar refractivity (Wildman–Crippen MR) is 78.2 cm³/mol. The lowest BCUT2D eigenvalue weighted by Gasteiger charge is -2.12. The van der Waals surface area contributed by atoms with Crippen molar-refractivity contribution >= 4 is 29.5 Å². The van der Waals surface area contributed by atoms with Crippen LogP contribution in [0.3, 0.4) is 0 Å². The second-order valence-corrected chi connectivity index (χ2v) is 5.53. The molecule has 2 rings (SSSR count). The summed E-state index contributed by atoms with van der Waals surface area (Å²) < 4.78 is 1.82. The average Bonchev–Trinajstić information content (AvgIpc) is 2.64. The lowest BCUT2D eigenvalue weighted by Crippen LogP contribution is -2.05. The molecule has 0 atom stereocenters. The van der Waals surface area contributed by atoms with Gasteiger partial charge in [-0.2, -0.15) is 5.10 Å². The van der Waals surface area contributed by atoms with Gasteiger partial charge in [0.05, 0.1) is 17.0 Å². The second-order valence-electron chi connectivity index (χ2n) is 4.66. The molecular formula is C14H14Cl2N2O. The maximum absolute atomic E-state index is 11.3. The summed E-state index contributed by atoms with van der Waals surface area (Å²) in [6.07, 6.45) is 0.825. The van der Waals surface area contributed by atoms with E-state index in [1.165, 1.54) is 0 Å². The number of benzene rings is 1. The third kappa shape index (κ3) is 2.67. The zero-order chi connectivity index (χ0) is 14.2. The normalized spacial score (nSPS) is 11.1. The Labute approximate surface area is 122 Å². The molecule has 0 N–H and O–H groups in total. The van der Waals surface area contributed by atoms with E-state index in [4.69, 9.17) is 23.2 Å². The smallest absolute Gasteiger partial charge is 0.154 e. The number of hydrogen-bond acceptors (Lipinski definition) is 2. The summed E-state index contributed by atoms with van der Waals surface area (Å²) in [7, 11) is 0. The van der Waals surface area contributed by atoms with E-state index < -0.39 is 0 Å². The molecule has 2 aromatic rings. The van der Waals surface area contributed by atoms with Crippen molar-refractivity contribution in [2.75, 3.05) is 0 Å². The van der Waals surface area contributed by atoms with Gasteiger partial charge >= 0.3 is 0 Å². The van der Waals surface area contributed by atoms with Crippen LogP contribution in [0.25, 0.3) is 11.3 Å². The Bertz CT molecular complexity index is 612. The highest BCUT2D eigenvalue weighted by Gasteiger charge is 2.18. The fourth-order valence-corrected chi connectivity index (χ4v) is 2.58. The first-order valence-corrected chi connectivity index (χ1v) is 6.70. The SMILES string of the molecule is Cc1nn(C(C)C)c(-c2cc(Cl)cc(Cl)c2)c1C=O. The minimum atomic E-state index is 0.139. The maximum atomic E-state index is 11.3. The molecule has 19 heavy (non-hydrogen) atoms. The molecule has 0 radical (unpaired) electrons. The molecule has 0 aliphatic heterocycles. The molecule has 0 spiro atoms. The van der Waals surface area contributed by atoms with Gasteiger partial charge in [-0.15, -0.1) is 0 Å². The molecule has 1 heterocycles. The lowest BCUT2D eigenvalue weighted by atomic mass is 10.1. The van der Waals surface area contributed by atoms with Crippen LogP contribution >= 0.6 is 23.2 Å². The Hall–Kier alpha value is -1.32. The molecule has 5 heteroatoms. The highest BCUT2D eigenvalue weighted by molar-refractivity contribution is 6.35. The number of halogens is 2. The zero-order valence-electron chi connectivity index (χ0n) is 10.9. The van der Waals surface area contributed by atoms with Crippen molar-refractivity contribution in [1.82, 2.24) is 9.78 Å². The van der Waals surface area contributed by atoms with Crippen molar-refractivity contribution in [1.29, 1.82) is 0 Å². The summed E-state index contributed by atoms with van der Waals surface area (Å²) in [5.41, 5.74) is 2.84. The van der Waals surface area contributed by atoms with E-state index in [0.717, 1.165) is 17.5 Å². The molecule has 0 saturated heterocycles. The van der Waals surface area contributed by atoms with Crippen LogP contribution < -0.4 is 0 Å². The van der Waals surface area contributed by atoms with Crippen molar-refractivity contribution in [3.05, 3.63) is 39.5 Å². The summed E-state index contributed by atoms with van der Waals surface area (Å²) in [4.78, 5) is 11.3. The van der Waals surface area contributed by atoms with Gasteiger partial charge < -0.3 is 0 Å². The molecule has 0 unspecified atom stereocenters. The Balaban J connectivity index is 2.75. The minimum absolute atomic E-state index is 0.139. The van der Waals surface area contributed by atoms with Crippen LogP contribution in [0.2, 0.25) is 10.0 Å². The van der Waals surface area contributed by atoms with Crippen LogP contribution in [0.15, 0.2) is 18.2 Å². The standard InChI is InChI=1S/C14H14Cl2N2O/c1-8(2)18-14(13(7-19)9(3)17-18)10-4-11(15)6-12(16)5-10/h4-8H,1-3H3. The molecular weight excluding hydrogens is 283 g/mol. The summed E-state index contributed by atoms with van der Waals surface area (Å²) in [6.45, 7) is 5.84. The van der Waals surface area contributed by atoms with Crippen LogP contribution in [0, 0.1) is 6.92 Å². The summed E-state index contributed by atoms with van der Waals surface area (Å²) in [6, 6.07) is 5.38. The largest absolute Gasteiger partial charge is 0.298 e. The molecule has 3 nitrogen and oxygen atoms in total. The van der Waals surface area contributed by atoms with Gasteiger partial charge in [-0.05, 0) is 39.0 Å². The van der Waals surface area contributed by atoms with E-state index in [0.29, 0.717) is 21.3 Å². The summed E-state index contributed by atoms with van der Waals surface area (Å²) in [5, 5.41) is 5.49. The summed E-state index contributed by atoms with van der Waals surface area (Å²) in [5.74, 6) is 0. The first kappa shape index (κ1) is 14.1. The fraction of sp³-hybridized carbons (Fsp3) is 0.286. The number of aromatic nitrogens is 2. The molecule has 100 valence electrons.